The van der Waals surface area contributed by atoms with Crippen LogP contribution in [-0.4, -0.2) is 29.7 Å². The van der Waals surface area contributed by atoms with Gasteiger partial charge in [0, 0.05) is 12.5 Å². The Morgan fingerprint density at radius 1 is 1.23 bits per heavy atom. The highest BCUT2D eigenvalue weighted by atomic mass is 19.4. The number of alkyl halides is 3. The molecule has 0 aliphatic heterocycles. The highest BCUT2D eigenvalue weighted by Crippen LogP contribution is 2.40. The van der Waals surface area contributed by atoms with E-state index in [0.717, 1.165) is 18.4 Å². The quantitative estimate of drug-likeness (QED) is 0.848. The van der Waals surface area contributed by atoms with E-state index in [9.17, 15) is 22.8 Å². The molecule has 1 aliphatic rings. The van der Waals surface area contributed by atoms with Crippen LogP contribution in [0.2, 0.25) is 0 Å². The van der Waals surface area contributed by atoms with Crippen LogP contribution in [0.25, 0.3) is 0 Å². The summed E-state index contributed by atoms with van der Waals surface area (Å²) in [5, 5.41) is 10.6. The van der Waals surface area contributed by atoms with E-state index in [-0.39, 0.29) is 13.0 Å². The van der Waals surface area contributed by atoms with Crippen molar-refractivity contribution in [1.82, 2.24) is 5.32 Å². The zero-order valence-electron chi connectivity index (χ0n) is 11.7. The van der Waals surface area contributed by atoms with Gasteiger partial charge in [-0.05, 0) is 29.9 Å². The van der Waals surface area contributed by atoms with Gasteiger partial charge in [-0.3, -0.25) is 9.59 Å². The molecule has 4 nitrogen and oxygen atoms in total. The molecule has 1 aromatic carbocycles. The van der Waals surface area contributed by atoms with Crippen molar-refractivity contribution in [2.24, 2.45) is 0 Å². The highest BCUT2D eigenvalue weighted by molar-refractivity contribution is 5.81. The van der Waals surface area contributed by atoms with E-state index >= 15 is 0 Å². The predicted molar refractivity (Wildman–Crippen MR) is 72.5 cm³/mol. The second-order valence-corrected chi connectivity index (χ2v) is 5.44. The standard InChI is InChI=1S/C15H16F3NO3/c16-15(17,18)14(22)19-8-12(7-13(20)21)11-5-3-10(4-6-11)9-1-2-9/h3-6,9,12H,1-2,7-8H2,(H,19,22)(H,20,21). The van der Waals surface area contributed by atoms with Crippen molar-refractivity contribution in [3.05, 3.63) is 35.4 Å². The molecular weight excluding hydrogens is 299 g/mol. The van der Waals surface area contributed by atoms with Gasteiger partial charge in [0.05, 0.1) is 6.42 Å². The van der Waals surface area contributed by atoms with Gasteiger partial charge in [-0.1, -0.05) is 24.3 Å². The van der Waals surface area contributed by atoms with Crippen LogP contribution < -0.4 is 5.32 Å². The zero-order chi connectivity index (χ0) is 16.3. The number of benzene rings is 1. The number of carbonyl (C=O) groups excluding carboxylic acids is 1. The van der Waals surface area contributed by atoms with E-state index < -0.39 is 24.0 Å². The topological polar surface area (TPSA) is 66.4 Å². The lowest BCUT2D eigenvalue weighted by molar-refractivity contribution is -0.173. The summed E-state index contributed by atoms with van der Waals surface area (Å²) in [4.78, 5) is 21.7. The fourth-order valence-corrected chi connectivity index (χ4v) is 2.29. The van der Waals surface area contributed by atoms with Gasteiger partial charge in [0.15, 0.2) is 0 Å². The van der Waals surface area contributed by atoms with Crippen LogP contribution in [0.5, 0.6) is 0 Å². The first-order valence-corrected chi connectivity index (χ1v) is 6.94. The molecule has 1 aliphatic carbocycles. The Morgan fingerprint density at radius 3 is 2.27 bits per heavy atom. The number of rotatable bonds is 6. The Balaban J connectivity index is 2.04. The smallest absolute Gasteiger partial charge is 0.471 e. The number of halogens is 3. The maximum Gasteiger partial charge on any atom is 0.471 e. The minimum atomic E-state index is -4.97. The van der Waals surface area contributed by atoms with E-state index in [1.165, 1.54) is 0 Å². The molecule has 1 amide bonds. The second kappa shape index (κ2) is 6.37. The molecule has 2 rings (SSSR count). The Morgan fingerprint density at radius 2 is 1.82 bits per heavy atom. The first kappa shape index (κ1) is 16.3. The summed E-state index contributed by atoms with van der Waals surface area (Å²) in [7, 11) is 0. The van der Waals surface area contributed by atoms with Crippen LogP contribution in [0.1, 0.15) is 42.2 Å². The fraction of sp³-hybridized carbons (Fsp3) is 0.467. The van der Waals surface area contributed by atoms with Gasteiger partial charge < -0.3 is 10.4 Å². The maximum absolute atomic E-state index is 12.2. The lowest BCUT2D eigenvalue weighted by atomic mass is 9.94. The van der Waals surface area contributed by atoms with E-state index in [1.807, 2.05) is 12.1 Å². The van der Waals surface area contributed by atoms with E-state index in [1.54, 1.807) is 17.4 Å². The third-order valence-electron chi connectivity index (χ3n) is 3.64. The van der Waals surface area contributed by atoms with E-state index in [4.69, 9.17) is 5.11 Å². The normalized spacial score (nSPS) is 16.1. The average Bonchev–Trinajstić information content (AvgIpc) is 3.26. The summed E-state index contributed by atoms with van der Waals surface area (Å²) in [6.45, 7) is -0.368. The van der Waals surface area contributed by atoms with Crippen LogP contribution in [0.15, 0.2) is 24.3 Å². The number of hydrogen-bond donors (Lipinski definition) is 2. The van der Waals surface area contributed by atoms with Crippen LogP contribution >= 0.6 is 0 Å². The Labute approximate surface area is 125 Å². The van der Waals surface area contributed by atoms with Crippen molar-refractivity contribution in [2.75, 3.05) is 6.54 Å². The van der Waals surface area contributed by atoms with Gasteiger partial charge in [-0.25, -0.2) is 0 Å². The van der Waals surface area contributed by atoms with Crippen molar-refractivity contribution >= 4 is 11.9 Å². The minimum absolute atomic E-state index is 0.346. The molecule has 0 aromatic heterocycles. The molecule has 1 aromatic rings. The first-order chi connectivity index (χ1) is 10.3. The van der Waals surface area contributed by atoms with Crippen LogP contribution in [0.3, 0.4) is 0 Å². The molecule has 2 N–H and O–H groups in total. The molecular formula is C15H16F3NO3. The Bertz CT molecular complexity index is 550. The highest BCUT2D eigenvalue weighted by Gasteiger charge is 2.38. The van der Waals surface area contributed by atoms with Crippen molar-refractivity contribution in [1.29, 1.82) is 0 Å². The molecule has 22 heavy (non-hydrogen) atoms. The van der Waals surface area contributed by atoms with Crippen molar-refractivity contribution in [3.8, 4) is 0 Å². The maximum atomic E-state index is 12.2. The minimum Gasteiger partial charge on any atom is -0.481 e. The first-order valence-electron chi connectivity index (χ1n) is 6.94. The number of hydrogen-bond acceptors (Lipinski definition) is 2. The molecule has 0 bridgehead atoms. The fourth-order valence-electron chi connectivity index (χ4n) is 2.29. The third kappa shape index (κ3) is 4.47. The summed E-state index contributed by atoms with van der Waals surface area (Å²) >= 11 is 0. The molecule has 0 heterocycles. The second-order valence-electron chi connectivity index (χ2n) is 5.44. The van der Waals surface area contributed by atoms with Crippen LogP contribution in [0, 0.1) is 0 Å². The Hall–Kier alpha value is -2.05. The van der Waals surface area contributed by atoms with Gasteiger partial charge in [0.25, 0.3) is 0 Å². The largest absolute Gasteiger partial charge is 0.481 e. The van der Waals surface area contributed by atoms with Crippen LogP contribution in [0.4, 0.5) is 13.2 Å². The molecule has 1 saturated carbocycles. The van der Waals surface area contributed by atoms with Gasteiger partial charge in [-0.15, -0.1) is 0 Å². The van der Waals surface area contributed by atoms with Gasteiger partial charge in [0.2, 0.25) is 0 Å². The van der Waals surface area contributed by atoms with Gasteiger partial charge >= 0.3 is 18.1 Å². The van der Waals surface area contributed by atoms with Crippen LogP contribution in [-0.2, 0) is 9.59 Å². The number of amides is 1. The summed E-state index contributed by atoms with van der Waals surface area (Å²) in [5.41, 5.74) is 1.76. The monoisotopic (exact) mass is 315 g/mol. The van der Waals surface area contributed by atoms with Gasteiger partial charge in [-0.2, -0.15) is 13.2 Å². The Kier molecular flexibility index (Phi) is 4.73. The summed E-state index contributed by atoms with van der Waals surface area (Å²) < 4.78 is 36.6. The number of nitrogens with one attached hydrogen (secondary N) is 1. The molecule has 120 valence electrons. The van der Waals surface area contributed by atoms with Gasteiger partial charge in [0.1, 0.15) is 0 Å². The average molecular weight is 315 g/mol. The molecule has 7 heteroatoms. The number of carboxylic acid groups (broad SMARTS) is 1. The summed E-state index contributed by atoms with van der Waals surface area (Å²) in [6, 6.07) is 7.18. The third-order valence-corrected chi connectivity index (χ3v) is 3.64. The van der Waals surface area contributed by atoms with E-state index in [0.29, 0.717) is 11.5 Å². The van der Waals surface area contributed by atoms with Crippen molar-refractivity contribution < 1.29 is 27.9 Å². The SMILES string of the molecule is O=C(O)CC(CNC(=O)C(F)(F)F)c1ccc(C2CC2)cc1. The number of carboxylic acids is 1. The predicted octanol–water partition coefficient (Wildman–Crippen LogP) is 2.80. The molecule has 0 saturated heterocycles. The molecule has 1 unspecified atom stereocenters. The zero-order valence-corrected chi connectivity index (χ0v) is 11.7. The van der Waals surface area contributed by atoms with E-state index in [2.05, 4.69) is 0 Å². The molecule has 0 radical (unpaired) electrons. The summed E-state index contributed by atoms with van der Waals surface area (Å²) in [6.07, 6.45) is -3.07. The number of carbonyl (C=O) groups is 2. The lowest BCUT2D eigenvalue weighted by Crippen LogP contribution is -2.39. The number of aliphatic carboxylic acids is 1. The molecule has 1 fully saturated rings. The van der Waals surface area contributed by atoms with Crippen molar-refractivity contribution in [3.63, 3.8) is 0 Å². The van der Waals surface area contributed by atoms with Crippen molar-refractivity contribution in [2.45, 2.75) is 37.3 Å². The lowest BCUT2D eigenvalue weighted by Gasteiger charge is -2.17. The summed E-state index contributed by atoms with van der Waals surface area (Å²) in [5.74, 6) is -3.34. The molecule has 0 spiro atoms. The molecule has 1 atom stereocenters.